The lowest BCUT2D eigenvalue weighted by atomic mass is 10.1. The molecule has 0 heterocycles. The van der Waals surface area contributed by atoms with Crippen LogP contribution in [0.25, 0.3) is 0 Å². The molecule has 0 bridgehead atoms. The molecule has 1 aromatic rings. The van der Waals surface area contributed by atoms with Crippen molar-refractivity contribution < 1.29 is 17.6 Å². The van der Waals surface area contributed by atoms with Gasteiger partial charge in [-0.25, -0.2) is 17.6 Å². The number of nitrogens with one attached hydrogen (secondary N) is 1. The van der Waals surface area contributed by atoms with Gasteiger partial charge in [-0.2, -0.15) is 0 Å². The molecule has 1 atom stereocenters. The normalized spacial score (nSPS) is 13.1. The van der Waals surface area contributed by atoms with Gasteiger partial charge >= 0.3 is 0 Å². The fourth-order valence-electron chi connectivity index (χ4n) is 1.56. The van der Waals surface area contributed by atoms with E-state index in [2.05, 4.69) is 5.32 Å². The van der Waals surface area contributed by atoms with Crippen LogP contribution in [0, 0.1) is 11.6 Å². The van der Waals surface area contributed by atoms with Gasteiger partial charge in [0.2, 0.25) is 0 Å². The van der Waals surface area contributed by atoms with E-state index in [0.717, 1.165) is 24.6 Å². The first-order valence-corrected chi connectivity index (χ1v) is 5.49. The zero-order chi connectivity index (χ0) is 12.8. The van der Waals surface area contributed by atoms with Crippen molar-refractivity contribution in [2.45, 2.75) is 32.2 Å². The molecule has 0 aromatic heterocycles. The van der Waals surface area contributed by atoms with Crippen molar-refractivity contribution in [2.75, 3.05) is 6.54 Å². The highest BCUT2D eigenvalue weighted by Crippen LogP contribution is 2.13. The summed E-state index contributed by atoms with van der Waals surface area (Å²) in [7, 11) is 0. The first-order valence-electron chi connectivity index (χ1n) is 5.49. The molecule has 96 valence electrons. The van der Waals surface area contributed by atoms with Gasteiger partial charge < -0.3 is 5.32 Å². The second kappa shape index (κ2) is 6.59. The summed E-state index contributed by atoms with van der Waals surface area (Å²) in [5.41, 5.74) is 0.233. The van der Waals surface area contributed by atoms with Gasteiger partial charge in [-0.3, -0.25) is 0 Å². The summed E-state index contributed by atoms with van der Waals surface area (Å²) in [6.07, 6.45) is -1.93. The SMILES string of the molecule is CCCNC(Cc1cc(F)cc(F)c1)C(F)F. The van der Waals surface area contributed by atoms with Crippen molar-refractivity contribution in [1.82, 2.24) is 5.32 Å². The summed E-state index contributed by atoms with van der Waals surface area (Å²) in [5.74, 6) is -1.49. The first kappa shape index (κ1) is 14.0. The Balaban J connectivity index is 2.71. The average Bonchev–Trinajstić information content (AvgIpc) is 2.22. The van der Waals surface area contributed by atoms with Crippen molar-refractivity contribution in [2.24, 2.45) is 0 Å². The number of hydrogen-bond acceptors (Lipinski definition) is 1. The highest BCUT2D eigenvalue weighted by molar-refractivity contribution is 5.19. The maximum absolute atomic E-state index is 12.9. The van der Waals surface area contributed by atoms with Gasteiger partial charge in [-0.05, 0) is 37.1 Å². The first-order chi connectivity index (χ1) is 8.02. The molecule has 5 heteroatoms. The minimum atomic E-state index is -2.56. The Morgan fingerprint density at radius 2 is 1.71 bits per heavy atom. The molecule has 1 unspecified atom stereocenters. The third-order valence-corrected chi connectivity index (χ3v) is 2.34. The van der Waals surface area contributed by atoms with Crippen LogP contribution in [0.4, 0.5) is 17.6 Å². The minimum absolute atomic E-state index is 0.0909. The lowest BCUT2D eigenvalue weighted by Crippen LogP contribution is -2.38. The Bertz CT molecular complexity index is 334. The lowest BCUT2D eigenvalue weighted by molar-refractivity contribution is 0.0982. The Hall–Kier alpha value is -1.10. The lowest BCUT2D eigenvalue weighted by Gasteiger charge is -2.17. The van der Waals surface area contributed by atoms with E-state index in [1.165, 1.54) is 0 Å². The summed E-state index contributed by atoms with van der Waals surface area (Å²) in [5, 5.41) is 2.66. The van der Waals surface area contributed by atoms with Crippen molar-refractivity contribution in [3.8, 4) is 0 Å². The van der Waals surface area contributed by atoms with Gasteiger partial charge in [-0.15, -0.1) is 0 Å². The number of hydrogen-bond donors (Lipinski definition) is 1. The van der Waals surface area contributed by atoms with Crippen LogP contribution in [-0.4, -0.2) is 19.0 Å². The number of alkyl halides is 2. The third kappa shape index (κ3) is 4.73. The van der Waals surface area contributed by atoms with Gasteiger partial charge in [-0.1, -0.05) is 6.92 Å². The number of rotatable bonds is 6. The van der Waals surface area contributed by atoms with E-state index < -0.39 is 24.1 Å². The molecule has 1 aromatic carbocycles. The van der Waals surface area contributed by atoms with Crippen molar-refractivity contribution in [3.05, 3.63) is 35.4 Å². The Morgan fingerprint density at radius 3 is 2.18 bits per heavy atom. The van der Waals surface area contributed by atoms with E-state index in [4.69, 9.17) is 0 Å². The molecule has 0 aliphatic carbocycles. The molecular formula is C12H15F4N. The average molecular weight is 249 g/mol. The Kier molecular flexibility index (Phi) is 5.41. The molecule has 0 fully saturated rings. The fraction of sp³-hybridized carbons (Fsp3) is 0.500. The Morgan fingerprint density at radius 1 is 1.12 bits per heavy atom. The molecule has 1 N–H and O–H groups in total. The van der Waals surface area contributed by atoms with Crippen LogP contribution in [0.15, 0.2) is 18.2 Å². The molecule has 1 nitrogen and oxygen atoms in total. The van der Waals surface area contributed by atoms with E-state index in [-0.39, 0.29) is 12.0 Å². The zero-order valence-corrected chi connectivity index (χ0v) is 9.52. The number of halogens is 4. The molecule has 0 saturated heterocycles. The molecule has 0 saturated carbocycles. The predicted molar refractivity (Wildman–Crippen MR) is 58.1 cm³/mol. The maximum Gasteiger partial charge on any atom is 0.254 e. The predicted octanol–water partition coefficient (Wildman–Crippen LogP) is 3.14. The second-order valence-electron chi connectivity index (χ2n) is 3.88. The van der Waals surface area contributed by atoms with Crippen LogP contribution < -0.4 is 5.32 Å². The Labute approximate surface area is 97.8 Å². The summed E-state index contributed by atoms with van der Waals surface area (Å²) in [6.45, 7) is 2.31. The molecule has 0 aliphatic heterocycles. The van der Waals surface area contributed by atoms with Crippen LogP contribution in [0.2, 0.25) is 0 Å². The molecule has 0 spiro atoms. The van der Waals surface area contributed by atoms with Gasteiger partial charge in [0, 0.05) is 6.07 Å². The van der Waals surface area contributed by atoms with E-state index >= 15 is 0 Å². The highest BCUT2D eigenvalue weighted by Gasteiger charge is 2.20. The van der Waals surface area contributed by atoms with Crippen molar-refractivity contribution in [1.29, 1.82) is 0 Å². The van der Waals surface area contributed by atoms with Gasteiger partial charge in [0.25, 0.3) is 6.43 Å². The summed E-state index contributed by atoms with van der Waals surface area (Å²) < 4.78 is 51.1. The van der Waals surface area contributed by atoms with Crippen LogP contribution >= 0.6 is 0 Å². The largest absolute Gasteiger partial charge is 0.309 e. The van der Waals surface area contributed by atoms with Crippen LogP contribution in [-0.2, 0) is 6.42 Å². The van der Waals surface area contributed by atoms with Crippen molar-refractivity contribution in [3.63, 3.8) is 0 Å². The van der Waals surface area contributed by atoms with Gasteiger partial charge in [0.05, 0.1) is 6.04 Å². The monoisotopic (exact) mass is 249 g/mol. The molecule has 17 heavy (non-hydrogen) atoms. The fourth-order valence-corrected chi connectivity index (χ4v) is 1.56. The van der Waals surface area contributed by atoms with E-state index in [0.29, 0.717) is 6.54 Å². The molecule has 1 rings (SSSR count). The van der Waals surface area contributed by atoms with Crippen LogP contribution in [0.1, 0.15) is 18.9 Å². The third-order valence-electron chi connectivity index (χ3n) is 2.34. The van der Waals surface area contributed by atoms with Crippen LogP contribution in [0.5, 0.6) is 0 Å². The smallest absolute Gasteiger partial charge is 0.254 e. The topological polar surface area (TPSA) is 12.0 Å². The van der Waals surface area contributed by atoms with Crippen molar-refractivity contribution >= 4 is 0 Å². The second-order valence-corrected chi connectivity index (χ2v) is 3.88. The van der Waals surface area contributed by atoms with Gasteiger partial charge in [0.1, 0.15) is 11.6 Å². The van der Waals surface area contributed by atoms with E-state index in [1.54, 1.807) is 0 Å². The minimum Gasteiger partial charge on any atom is -0.309 e. The van der Waals surface area contributed by atoms with E-state index in [1.807, 2.05) is 6.92 Å². The summed E-state index contributed by atoms with van der Waals surface area (Å²) >= 11 is 0. The summed E-state index contributed by atoms with van der Waals surface area (Å²) in [6, 6.07) is 1.80. The zero-order valence-electron chi connectivity index (χ0n) is 9.52. The molecule has 0 radical (unpaired) electrons. The molecule has 0 aliphatic rings. The maximum atomic E-state index is 12.9. The molecule has 0 amide bonds. The summed E-state index contributed by atoms with van der Waals surface area (Å²) in [4.78, 5) is 0. The highest BCUT2D eigenvalue weighted by atomic mass is 19.3. The molecular weight excluding hydrogens is 234 g/mol. The van der Waals surface area contributed by atoms with Gasteiger partial charge in [0.15, 0.2) is 0 Å². The number of benzene rings is 1. The standard InChI is InChI=1S/C12H15F4N/c1-2-3-17-11(12(15)16)6-8-4-9(13)7-10(14)5-8/h4-5,7,11-12,17H,2-3,6H2,1H3. The van der Waals surface area contributed by atoms with E-state index in [9.17, 15) is 17.6 Å². The van der Waals surface area contributed by atoms with Crippen LogP contribution in [0.3, 0.4) is 0 Å². The quantitative estimate of drug-likeness (QED) is 0.764.